The first-order valence-corrected chi connectivity index (χ1v) is 10.4. The molecule has 0 spiro atoms. The Hall–Kier alpha value is -2.56. The van der Waals surface area contributed by atoms with Crippen LogP contribution in [0.15, 0.2) is 53.1 Å². The molecule has 5 heteroatoms. The van der Waals surface area contributed by atoms with E-state index >= 15 is 0 Å². The van der Waals surface area contributed by atoms with Crippen molar-refractivity contribution in [3.8, 4) is 0 Å². The molecule has 29 heavy (non-hydrogen) atoms. The van der Waals surface area contributed by atoms with Gasteiger partial charge in [0.15, 0.2) is 0 Å². The predicted octanol–water partition coefficient (Wildman–Crippen LogP) is 4.52. The molecule has 2 amide bonds. The number of furan rings is 1. The Morgan fingerprint density at radius 1 is 1.07 bits per heavy atom. The average Bonchev–Trinajstić information content (AvgIpc) is 3.21. The fourth-order valence-corrected chi connectivity index (χ4v) is 3.12. The molecule has 0 fully saturated rings. The monoisotopic (exact) mass is 398 g/mol. The van der Waals surface area contributed by atoms with Gasteiger partial charge in [-0.3, -0.25) is 9.59 Å². The van der Waals surface area contributed by atoms with Gasteiger partial charge in [-0.2, -0.15) is 0 Å². The van der Waals surface area contributed by atoms with Crippen LogP contribution in [0.3, 0.4) is 0 Å². The van der Waals surface area contributed by atoms with E-state index in [9.17, 15) is 9.59 Å². The zero-order chi connectivity index (χ0) is 21.4. The lowest BCUT2D eigenvalue weighted by atomic mass is 9.93. The topological polar surface area (TPSA) is 53.8 Å². The van der Waals surface area contributed by atoms with Crippen LogP contribution >= 0.6 is 0 Å². The van der Waals surface area contributed by atoms with Crippen LogP contribution in [-0.2, 0) is 22.6 Å². The zero-order valence-corrected chi connectivity index (χ0v) is 18.4. The summed E-state index contributed by atoms with van der Waals surface area (Å²) in [4.78, 5) is 29.7. The Bertz CT molecular complexity index is 763. The second kappa shape index (κ2) is 10.3. The normalized spacial score (nSPS) is 12.4. The van der Waals surface area contributed by atoms with E-state index in [1.54, 1.807) is 16.1 Å². The van der Waals surface area contributed by atoms with Crippen LogP contribution in [0.5, 0.6) is 0 Å². The van der Waals surface area contributed by atoms with Crippen LogP contribution < -0.4 is 0 Å². The van der Waals surface area contributed by atoms with Gasteiger partial charge in [0.05, 0.1) is 12.8 Å². The molecule has 1 aromatic carbocycles. The molecule has 0 N–H and O–H groups in total. The van der Waals surface area contributed by atoms with Gasteiger partial charge in [-0.25, -0.2) is 0 Å². The number of hydrogen-bond donors (Lipinski definition) is 0. The fourth-order valence-electron chi connectivity index (χ4n) is 3.12. The van der Waals surface area contributed by atoms with E-state index in [0.29, 0.717) is 13.1 Å². The number of carbonyl (C=O) groups excluding carboxylic acids is 2. The maximum atomic E-state index is 13.2. The third kappa shape index (κ3) is 6.77. The highest BCUT2D eigenvalue weighted by Gasteiger charge is 2.32. The highest BCUT2D eigenvalue weighted by Crippen LogP contribution is 2.21. The summed E-state index contributed by atoms with van der Waals surface area (Å²) in [5, 5.41) is 0. The molecule has 0 aliphatic carbocycles. The number of hydrogen-bond acceptors (Lipinski definition) is 3. The molecule has 0 unspecified atom stereocenters. The van der Waals surface area contributed by atoms with Gasteiger partial charge in [-0.05, 0) is 37.5 Å². The minimum atomic E-state index is -0.528. The van der Waals surface area contributed by atoms with E-state index in [2.05, 4.69) is 12.1 Å². The number of amides is 2. The lowest BCUT2D eigenvalue weighted by Gasteiger charge is -2.35. The smallest absolute Gasteiger partial charge is 0.242 e. The predicted molar refractivity (Wildman–Crippen MR) is 115 cm³/mol. The Labute approximate surface area is 174 Å². The molecular weight excluding hydrogens is 364 g/mol. The van der Waals surface area contributed by atoms with Gasteiger partial charge in [0.25, 0.3) is 0 Å². The van der Waals surface area contributed by atoms with E-state index in [0.717, 1.165) is 18.6 Å². The summed E-state index contributed by atoms with van der Waals surface area (Å²) in [6.07, 6.45) is 3.17. The standard InChI is InChI=1S/C24H34N2O3/c1-6-19(2)26(23(28)24(3,4)5)18-22(27)25(17-21-13-10-16-29-21)15-14-20-11-8-7-9-12-20/h7-13,16,19H,6,14-15,17-18H2,1-5H3/t19-/m0/s1. The van der Waals surface area contributed by atoms with E-state index in [4.69, 9.17) is 4.42 Å². The summed E-state index contributed by atoms with van der Waals surface area (Å²) in [7, 11) is 0. The van der Waals surface area contributed by atoms with Gasteiger partial charge in [0, 0.05) is 18.0 Å². The second-order valence-corrected chi connectivity index (χ2v) is 8.57. The summed E-state index contributed by atoms with van der Waals surface area (Å²) < 4.78 is 5.47. The van der Waals surface area contributed by atoms with Crippen molar-refractivity contribution in [3.05, 3.63) is 60.1 Å². The summed E-state index contributed by atoms with van der Waals surface area (Å²) in [5.74, 6) is 0.681. The van der Waals surface area contributed by atoms with Crippen molar-refractivity contribution in [2.45, 2.75) is 60.0 Å². The molecule has 0 radical (unpaired) electrons. The molecule has 0 saturated heterocycles. The lowest BCUT2D eigenvalue weighted by Crippen LogP contribution is -2.50. The molecule has 158 valence electrons. The van der Waals surface area contributed by atoms with Gasteiger partial charge < -0.3 is 14.2 Å². The molecule has 5 nitrogen and oxygen atoms in total. The summed E-state index contributed by atoms with van der Waals surface area (Å²) in [6, 6.07) is 13.8. The van der Waals surface area contributed by atoms with Gasteiger partial charge in [0.1, 0.15) is 12.3 Å². The number of carbonyl (C=O) groups is 2. The molecule has 0 aliphatic rings. The minimum absolute atomic E-state index is 0.00112. The summed E-state index contributed by atoms with van der Waals surface area (Å²) in [5.41, 5.74) is 0.647. The SMILES string of the molecule is CC[C@H](C)N(CC(=O)N(CCc1ccccc1)Cc1ccco1)C(=O)C(C)(C)C. The van der Waals surface area contributed by atoms with Crippen molar-refractivity contribution in [3.63, 3.8) is 0 Å². The molecule has 0 aliphatic heterocycles. The Balaban J connectivity index is 2.16. The third-order valence-electron chi connectivity index (χ3n) is 5.12. The maximum absolute atomic E-state index is 13.2. The Morgan fingerprint density at radius 3 is 2.31 bits per heavy atom. The van der Waals surface area contributed by atoms with Gasteiger partial charge >= 0.3 is 0 Å². The quantitative estimate of drug-likeness (QED) is 0.624. The fraction of sp³-hybridized carbons (Fsp3) is 0.500. The van der Waals surface area contributed by atoms with Crippen LogP contribution in [-0.4, -0.2) is 40.7 Å². The van der Waals surface area contributed by atoms with Crippen molar-refractivity contribution in [1.82, 2.24) is 9.80 Å². The zero-order valence-electron chi connectivity index (χ0n) is 18.4. The minimum Gasteiger partial charge on any atom is -0.467 e. The first-order valence-electron chi connectivity index (χ1n) is 10.4. The van der Waals surface area contributed by atoms with E-state index in [1.165, 1.54) is 5.56 Å². The summed E-state index contributed by atoms with van der Waals surface area (Å²) >= 11 is 0. The van der Waals surface area contributed by atoms with Crippen molar-refractivity contribution >= 4 is 11.8 Å². The molecule has 1 heterocycles. The van der Waals surface area contributed by atoms with E-state index < -0.39 is 5.41 Å². The molecule has 2 rings (SSSR count). The molecule has 0 saturated carbocycles. The van der Waals surface area contributed by atoms with Crippen molar-refractivity contribution < 1.29 is 14.0 Å². The highest BCUT2D eigenvalue weighted by atomic mass is 16.3. The van der Waals surface area contributed by atoms with E-state index in [1.807, 2.05) is 65.0 Å². The third-order valence-corrected chi connectivity index (χ3v) is 5.12. The van der Waals surface area contributed by atoms with Crippen LogP contribution in [0.4, 0.5) is 0 Å². The number of benzene rings is 1. The largest absolute Gasteiger partial charge is 0.467 e. The maximum Gasteiger partial charge on any atom is 0.242 e. The number of rotatable bonds is 9. The van der Waals surface area contributed by atoms with Crippen LogP contribution in [0.2, 0.25) is 0 Å². The Morgan fingerprint density at radius 2 is 1.76 bits per heavy atom. The van der Waals surface area contributed by atoms with Crippen LogP contribution in [0.1, 0.15) is 52.4 Å². The first kappa shape index (κ1) is 22.7. The molecular formula is C24H34N2O3. The molecule has 1 atom stereocenters. The van der Waals surface area contributed by atoms with Crippen molar-refractivity contribution in [2.24, 2.45) is 5.41 Å². The highest BCUT2D eigenvalue weighted by molar-refractivity contribution is 5.87. The molecule has 1 aromatic heterocycles. The van der Waals surface area contributed by atoms with Gasteiger partial charge in [-0.1, -0.05) is 58.0 Å². The van der Waals surface area contributed by atoms with Crippen LogP contribution in [0.25, 0.3) is 0 Å². The van der Waals surface area contributed by atoms with E-state index in [-0.39, 0.29) is 24.4 Å². The van der Waals surface area contributed by atoms with Gasteiger partial charge in [-0.15, -0.1) is 0 Å². The average molecular weight is 399 g/mol. The van der Waals surface area contributed by atoms with Crippen molar-refractivity contribution in [2.75, 3.05) is 13.1 Å². The van der Waals surface area contributed by atoms with Gasteiger partial charge in [0.2, 0.25) is 11.8 Å². The van der Waals surface area contributed by atoms with Crippen LogP contribution in [0, 0.1) is 5.41 Å². The van der Waals surface area contributed by atoms with Crippen molar-refractivity contribution in [1.29, 1.82) is 0 Å². The number of nitrogens with zero attached hydrogens (tertiary/aromatic N) is 2. The lowest BCUT2D eigenvalue weighted by molar-refractivity contribution is -0.148. The first-order chi connectivity index (χ1) is 13.7. The second-order valence-electron chi connectivity index (χ2n) is 8.57. The molecule has 2 aromatic rings. The molecule has 0 bridgehead atoms. The Kier molecular flexibility index (Phi) is 8.06. The summed E-state index contributed by atoms with van der Waals surface area (Å²) in [6.45, 7) is 10.8.